The number of carbonyl (C=O) groups excluding carboxylic acids is 1. The predicted molar refractivity (Wildman–Crippen MR) is 63.6 cm³/mol. The fraction of sp³-hybridized carbons (Fsp3) is 0.923. The third-order valence-corrected chi connectivity index (χ3v) is 2.77. The van der Waals surface area contributed by atoms with Crippen molar-refractivity contribution in [3.05, 3.63) is 0 Å². The van der Waals surface area contributed by atoms with Gasteiger partial charge in [-0.25, -0.2) is 0 Å². The minimum Gasteiger partial charge on any atom is -0.462 e. The van der Waals surface area contributed by atoms with Gasteiger partial charge in [0.05, 0.1) is 5.92 Å². The molecular formula is C13H26O2. The second-order valence-corrected chi connectivity index (χ2v) is 5.25. The van der Waals surface area contributed by atoms with Crippen LogP contribution in [-0.4, -0.2) is 12.1 Å². The molecule has 15 heavy (non-hydrogen) atoms. The summed E-state index contributed by atoms with van der Waals surface area (Å²) in [6.45, 7) is 12.3. The van der Waals surface area contributed by atoms with Crippen LogP contribution in [0.2, 0.25) is 0 Å². The molecule has 0 saturated carbocycles. The molecule has 0 saturated heterocycles. The first kappa shape index (κ1) is 14.5. The topological polar surface area (TPSA) is 26.3 Å². The van der Waals surface area contributed by atoms with Crippen molar-refractivity contribution in [2.75, 3.05) is 0 Å². The van der Waals surface area contributed by atoms with Crippen LogP contribution in [0.3, 0.4) is 0 Å². The summed E-state index contributed by atoms with van der Waals surface area (Å²) in [6.07, 6.45) is 2.37. The van der Waals surface area contributed by atoms with E-state index in [9.17, 15) is 4.79 Å². The molecule has 0 spiro atoms. The highest BCUT2D eigenvalue weighted by Gasteiger charge is 2.18. The molecule has 0 rings (SSSR count). The van der Waals surface area contributed by atoms with Gasteiger partial charge in [-0.15, -0.1) is 0 Å². The molecule has 0 aliphatic carbocycles. The van der Waals surface area contributed by atoms with E-state index in [4.69, 9.17) is 4.74 Å². The Balaban J connectivity index is 3.88. The lowest BCUT2D eigenvalue weighted by Gasteiger charge is -2.22. The molecule has 0 heterocycles. The Hall–Kier alpha value is -0.530. The first-order valence-electron chi connectivity index (χ1n) is 6.05. The minimum absolute atomic E-state index is 0.0234. The molecule has 0 N–H and O–H groups in total. The summed E-state index contributed by atoms with van der Waals surface area (Å²) in [5, 5.41) is 0. The van der Waals surface area contributed by atoms with Crippen LogP contribution in [0.15, 0.2) is 0 Å². The molecule has 0 aliphatic heterocycles. The van der Waals surface area contributed by atoms with Crippen LogP contribution < -0.4 is 0 Å². The zero-order valence-electron chi connectivity index (χ0n) is 11.0. The Bertz CT molecular complexity index is 185. The lowest BCUT2D eigenvalue weighted by Crippen LogP contribution is -2.24. The van der Waals surface area contributed by atoms with Crippen molar-refractivity contribution in [2.45, 2.75) is 60.5 Å². The van der Waals surface area contributed by atoms with Gasteiger partial charge in [0.2, 0.25) is 0 Å². The molecule has 0 aromatic rings. The van der Waals surface area contributed by atoms with Gasteiger partial charge in [-0.05, 0) is 25.2 Å². The number of ether oxygens (including phenoxy) is 1. The van der Waals surface area contributed by atoms with E-state index < -0.39 is 0 Å². The van der Waals surface area contributed by atoms with Gasteiger partial charge in [0.25, 0.3) is 0 Å². The van der Waals surface area contributed by atoms with Gasteiger partial charge < -0.3 is 4.74 Å². The second-order valence-electron chi connectivity index (χ2n) is 5.25. The van der Waals surface area contributed by atoms with Gasteiger partial charge >= 0.3 is 5.97 Å². The van der Waals surface area contributed by atoms with E-state index in [0.29, 0.717) is 5.92 Å². The van der Waals surface area contributed by atoms with Crippen molar-refractivity contribution >= 4 is 5.97 Å². The van der Waals surface area contributed by atoms with E-state index in [1.165, 1.54) is 6.42 Å². The zero-order valence-corrected chi connectivity index (χ0v) is 11.0. The van der Waals surface area contributed by atoms with Gasteiger partial charge in [0.1, 0.15) is 6.10 Å². The minimum atomic E-state index is -0.0844. The smallest absolute Gasteiger partial charge is 0.308 e. The Morgan fingerprint density at radius 3 is 1.93 bits per heavy atom. The molecule has 0 aromatic carbocycles. The molecule has 2 atom stereocenters. The Morgan fingerprint density at radius 1 is 1.00 bits per heavy atom. The van der Waals surface area contributed by atoms with Gasteiger partial charge in [0.15, 0.2) is 0 Å². The van der Waals surface area contributed by atoms with Crippen LogP contribution in [0.25, 0.3) is 0 Å². The summed E-state index contributed by atoms with van der Waals surface area (Å²) in [4.78, 5) is 11.4. The maximum Gasteiger partial charge on any atom is 0.308 e. The van der Waals surface area contributed by atoms with Crippen LogP contribution in [0, 0.1) is 17.8 Å². The quantitative estimate of drug-likeness (QED) is 0.631. The lowest BCUT2D eigenvalue weighted by molar-refractivity contribution is -0.154. The van der Waals surface area contributed by atoms with Crippen LogP contribution in [0.5, 0.6) is 0 Å². The average Bonchev–Trinajstić information content (AvgIpc) is 2.13. The molecule has 2 unspecified atom stereocenters. The van der Waals surface area contributed by atoms with E-state index in [1.54, 1.807) is 0 Å². The first-order valence-corrected chi connectivity index (χ1v) is 6.05. The third-order valence-electron chi connectivity index (χ3n) is 2.77. The molecule has 90 valence electrons. The van der Waals surface area contributed by atoms with Gasteiger partial charge in [-0.1, -0.05) is 41.0 Å². The summed E-state index contributed by atoms with van der Waals surface area (Å²) in [6, 6.07) is 0. The van der Waals surface area contributed by atoms with E-state index in [0.717, 1.165) is 12.3 Å². The number of esters is 1. The van der Waals surface area contributed by atoms with E-state index in [2.05, 4.69) is 20.8 Å². The van der Waals surface area contributed by atoms with Gasteiger partial charge in [-0.3, -0.25) is 4.79 Å². The summed E-state index contributed by atoms with van der Waals surface area (Å²) in [5.74, 6) is 1.07. The molecular weight excluding hydrogens is 188 g/mol. The Morgan fingerprint density at radius 2 is 1.53 bits per heavy atom. The predicted octanol–water partition coefficient (Wildman–Crippen LogP) is 3.65. The number of rotatable bonds is 6. The summed E-state index contributed by atoms with van der Waals surface area (Å²) in [5.41, 5.74) is 0. The van der Waals surface area contributed by atoms with Crippen molar-refractivity contribution in [3.63, 3.8) is 0 Å². The van der Waals surface area contributed by atoms with Crippen molar-refractivity contribution < 1.29 is 9.53 Å². The summed E-state index contributed by atoms with van der Waals surface area (Å²) in [7, 11) is 0. The zero-order chi connectivity index (χ0) is 12.0. The average molecular weight is 214 g/mol. The van der Waals surface area contributed by atoms with Crippen LogP contribution in [-0.2, 0) is 9.53 Å². The molecule has 0 fully saturated rings. The van der Waals surface area contributed by atoms with E-state index >= 15 is 0 Å². The highest BCUT2D eigenvalue weighted by molar-refractivity contribution is 5.71. The molecule has 0 bridgehead atoms. The monoisotopic (exact) mass is 214 g/mol. The maximum atomic E-state index is 11.4. The highest BCUT2D eigenvalue weighted by atomic mass is 16.5. The molecule has 0 aliphatic rings. The molecule has 0 amide bonds. The van der Waals surface area contributed by atoms with Crippen LogP contribution in [0.1, 0.15) is 54.4 Å². The van der Waals surface area contributed by atoms with Crippen molar-refractivity contribution in [1.82, 2.24) is 0 Å². The number of hydrogen-bond acceptors (Lipinski definition) is 2. The molecule has 2 nitrogen and oxygen atoms in total. The maximum absolute atomic E-state index is 11.4. The van der Waals surface area contributed by atoms with Crippen molar-refractivity contribution in [1.29, 1.82) is 0 Å². The number of carbonyl (C=O) groups is 1. The standard InChI is InChI=1S/C13H26O2/c1-9(2)7-8-11(5)12(6)15-13(14)10(3)4/h9-12H,7-8H2,1-6H3. The normalized spacial score (nSPS) is 15.5. The summed E-state index contributed by atoms with van der Waals surface area (Å²) < 4.78 is 5.37. The summed E-state index contributed by atoms with van der Waals surface area (Å²) >= 11 is 0. The second kappa shape index (κ2) is 6.86. The lowest BCUT2D eigenvalue weighted by atomic mass is 9.95. The highest BCUT2D eigenvalue weighted by Crippen LogP contribution is 2.18. The number of hydrogen-bond donors (Lipinski definition) is 0. The van der Waals surface area contributed by atoms with Crippen molar-refractivity contribution in [2.24, 2.45) is 17.8 Å². The largest absolute Gasteiger partial charge is 0.462 e. The third kappa shape index (κ3) is 6.53. The molecule has 2 heteroatoms. The Kier molecular flexibility index (Phi) is 6.62. The molecule has 0 aromatic heterocycles. The van der Waals surface area contributed by atoms with E-state index in [1.807, 2.05) is 20.8 Å². The fourth-order valence-electron chi connectivity index (χ4n) is 1.27. The van der Waals surface area contributed by atoms with Gasteiger partial charge in [-0.2, -0.15) is 0 Å². The van der Waals surface area contributed by atoms with E-state index in [-0.39, 0.29) is 18.0 Å². The van der Waals surface area contributed by atoms with Crippen molar-refractivity contribution in [3.8, 4) is 0 Å². The Labute approximate surface area is 94.4 Å². The molecule has 0 radical (unpaired) electrons. The first-order chi connectivity index (χ1) is 6.84. The van der Waals surface area contributed by atoms with Crippen LogP contribution in [0.4, 0.5) is 0 Å². The van der Waals surface area contributed by atoms with Crippen LogP contribution >= 0.6 is 0 Å². The fourth-order valence-corrected chi connectivity index (χ4v) is 1.27. The van der Waals surface area contributed by atoms with Gasteiger partial charge in [0, 0.05) is 0 Å². The SMILES string of the molecule is CC(C)CCC(C)C(C)OC(=O)C(C)C.